The number of rotatable bonds is 1. The lowest BCUT2D eigenvalue weighted by molar-refractivity contribution is 0.0799. The molecule has 134 valence electrons. The third kappa shape index (κ3) is 4.05. The van der Waals surface area contributed by atoms with Crippen molar-refractivity contribution in [3.63, 3.8) is 0 Å². The van der Waals surface area contributed by atoms with Crippen molar-refractivity contribution >= 4 is 0 Å². The Morgan fingerprint density at radius 2 is 1.70 bits per heavy atom. The lowest BCUT2D eigenvalue weighted by Crippen LogP contribution is -2.33. The van der Waals surface area contributed by atoms with Crippen molar-refractivity contribution in [1.29, 1.82) is 0 Å². The zero-order valence-electron chi connectivity index (χ0n) is 17.0. The largest absolute Gasteiger partial charge is 0.0853 e. The van der Waals surface area contributed by atoms with Crippen molar-refractivity contribution in [3.8, 4) is 0 Å². The van der Waals surface area contributed by atoms with E-state index in [0.29, 0.717) is 5.41 Å². The van der Waals surface area contributed by atoms with E-state index in [4.69, 9.17) is 0 Å². The molecule has 5 atom stereocenters. The summed E-state index contributed by atoms with van der Waals surface area (Å²) in [5, 5.41) is 0. The second-order valence-corrected chi connectivity index (χ2v) is 9.53. The molecular formula is C23H42. The van der Waals surface area contributed by atoms with Crippen LogP contribution in [0.3, 0.4) is 0 Å². The first-order valence-corrected chi connectivity index (χ1v) is 10.5. The maximum Gasteiger partial charge on any atom is -0.0292 e. The van der Waals surface area contributed by atoms with Crippen molar-refractivity contribution in [1.82, 2.24) is 0 Å². The van der Waals surface area contributed by atoms with Gasteiger partial charge in [-0.1, -0.05) is 53.2 Å². The topological polar surface area (TPSA) is 0 Å². The van der Waals surface area contributed by atoms with E-state index < -0.39 is 0 Å². The van der Waals surface area contributed by atoms with Crippen LogP contribution < -0.4 is 0 Å². The molecule has 0 aliphatic heterocycles. The first-order valence-electron chi connectivity index (χ1n) is 10.5. The van der Waals surface area contributed by atoms with Gasteiger partial charge in [-0.2, -0.15) is 0 Å². The van der Waals surface area contributed by atoms with E-state index in [-0.39, 0.29) is 0 Å². The average molecular weight is 319 g/mol. The SMILES string of the molecule is CC.CC1=CCC2C(C1)CC1CCC(C(C)C)C(C)(C)CCC12. The fraction of sp³-hybridized carbons (Fsp3) is 0.913. The summed E-state index contributed by atoms with van der Waals surface area (Å²) in [6.45, 7) is 16.4. The van der Waals surface area contributed by atoms with Crippen LogP contribution in [0.4, 0.5) is 0 Å². The maximum atomic E-state index is 2.56. The molecule has 0 saturated heterocycles. The van der Waals surface area contributed by atoms with Gasteiger partial charge in [0.05, 0.1) is 0 Å². The summed E-state index contributed by atoms with van der Waals surface area (Å²) in [7, 11) is 0. The predicted octanol–water partition coefficient (Wildman–Crippen LogP) is 7.49. The summed E-state index contributed by atoms with van der Waals surface area (Å²) in [5.74, 6) is 5.95. The number of hydrogen-bond acceptors (Lipinski definition) is 0. The highest BCUT2D eigenvalue weighted by molar-refractivity contribution is 5.10. The van der Waals surface area contributed by atoms with Crippen molar-refractivity contribution in [2.24, 2.45) is 40.9 Å². The van der Waals surface area contributed by atoms with E-state index in [0.717, 1.165) is 35.5 Å². The van der Waals surface area contributed by atoms with Gasteiger partial charge in [-0.05, 0) is 92.8 Å². The van der Waals surface area contributed by atoms with Crippen LogP contribution in [-0.4, -0.2) is 0 Å². The van der Waals surface area contributed by atoms with Crippen LogP contribution in [0.25, 0.3) is 0 Å². The number of allylic oxidation sites excluding steroid dienone is 2. The van der Waals surface area contributed by atoms with E-state index in [1.54, 1.807) is 12.0 Å². The van der Waals surface area contributed by atoms with E-state index >= 15 is 0 Å². The molecule has 0 aromatic heterocycles. The summed E-state index contributed by atoms with van der Waals surface area (Å²) in [5.41, 5.74) is 2.23. The Labute approximate surface area is 146 Å². The molecule has 3 aliphatic carbocycles. The molecule has 0 bridgehead atoms. The highest BCUT2D eigenvalue weighted by atomic mass is 14.5. The molecule has 2 fully saturated rings. The second-order valence-electron chi connectivity index (χ2n) is 9.53. The van der Waals surface area contributed by atoms with Crippen LogP contribution in [0.15, 0.2) is 11.6 Å². The smallest absolute Gasteiger partial charge is 0.0292 e. The lowest BCUT2D eigenvalue weighted by Gasteiger charge is -2.42. The van der Waals surface area contributed by atoms with Gasteiger partial charge in [-0.15, -0.1) is 0 Å². The molecule has 0 spiro atoms. The van der Waals surface area contributed by atoms with Gasteiger partial charge >= 0.3 is 0 Å². The molecule has 0 heterocycles. The molecule has 0 nitrogen and oxygen atoms in total. The third-order valence-corrected chi connectivity index (χ3v) is 7.47. The van der Waals surface area contributed by atoms with Gasteiger partial charge in [0, 0.05) is 0 Å². The van der Waals surface area contributed by atoms with Gasteiger partial charge in [0.1, 0.15) is 0 Å². The summed E-state index contributed by atoms with van der Waals surface area (Å²) < 4.78 is 0. The minimum Gasteiger partial charge on any atom is -0.0853 e. The molecule has 3 rings (SSSR count). The van der Waals surface area contributed by atoms with Crippen LogP contribution in [0.2, 0.25) is 0 Å². The van der Waals surface area contributed by atoms with Gasteiger partial charge in [-0.25, -0.2) is 0 Å². The minimum atomic E-state index is 0.553. The summed E-state index contributed by atoms with van der Waals surface area (Å²) in [6.07, 6.45) is 12.9. The van der Waals surface area contributed by atoms with Gasteiger partial charge in [0.25, 0.3) is 0 Å². The normalized spacial score (nSPS) is 39.3. The summed E-state index contributed by atoms with van der Waals surface area (Å²) in [4.78, 5) is 0. The van der Waals surface area contributed by atoms with E-state index in [1.807, 2.05) is 13.8 Å². The summed E-state index contributed by atoms with van der Waals surface area (Å²) in [6, 6.07) is 0. The summed E-state index contributed by atoms with van der Waals surface area (Å²) >= 11 is 0. The van der Waals surface area contributed by atoms with Gasteiger partial charge in [0.2, 0.25) is 0 Å². The molecule has 0 heteroatoms. The highest BCUT2D eigenvalue weighted by Crippen LogP contribution is 2.55. The molecular weight excluding hydrogens is 276 g/mol. The monoisotopic (exact) mass is 318 g/mol. The molecule has 0 aromatic carbocycles. The van der Waals surface area contributed by atoms with Crippen molar-refractivity contribution in [2.75, 3.05) is 0 Å². The first kappa shape index (κ1) is 19.1. The molecule has 0 aromatic rings. The van der Waals surface area contributed by atoms with Crippen LogP contribution in [-0.2, 0) is 0 Å². The van der Waals surface area contributed by atoms with E-state index in [1.165, 1.54) is 38.5 Å². The standard InChI is InChI=1S/C21H36.C2H6/c1-14(2)20-9-7-16-13-17-12-15(3)6-8-18(17)19(16)10-11-21(20,4)5;1-2/h6,14,16-20H,7-13H2,1-5H3;1-2H3. The highest BCUT2D eigenvalue weighted by Gasteiger charge is 2.46. The van der Waals surface area contributed by atoms with Crippen molar-refractivity contribution in [3.05, 3.63) is 11.6 Å². The van der Waals surface area contributed by atoms with Crippen LogP contribution in [0, 0.1) is 40.9 Å². The first-order chi connectivity index (χ1) is 10.9. The molecule has 3 aliphatic rings. The lowest BCUT2D eigenvalue weighted by atomic mass is 9.63. The van der Waals surface area contributed by atoms with Gasteiger partial charge < -0.3 is 0 Å². The molecule has 0 N–H and O–H groups in total. The second kappa shape index (κ2) is 7.75. The Bertz CT molecular complexity index is 400. The van der Waals surface area contributed by atoms with Gasteiger partial charge in [-0.3, -0.25) is 0 Å². The molecule has 5 unspecified atom stereocenters. The quantitative estimate of drug-likeness (QED) is 0.439. The zero-order valence-corrected chi connectivity index (χ0v) is 17.0. The fourth-order valence-electron chi connectivity index (χ4n) is 6.40. The maximum absolute atomic E-state index is 2.56. The van der Waals surface area contributed by atoms with E-state index in [2.05, 4.69) is 40.7 Å². The fourth-order valence-corrected chi connectivity index (χ4v) is 6.40. The predicted molar refractivity (Wildman–Crippen MR) is 103 cm³/mol. The van der Waals surface area contributed by atoms with Crippen LogP contribution in [0.1, 0.15) is 93.4 Å². The Balaban J connectivity index is 0.000000924. The minimum absolute atomic E-state index is 0.553. The third-order valence-electron chi connectivity index (χ3n) is 7.47. The van der Waals surface area contributed by atoms with E-state index in [9.17, 15) is 0 Å². The number of hydrogen-bond donors (Lipinski definition) is 0. The van der Waals surface area contributed by atoms with Crippen LogP contribution in [0.5, 0.6) is 0 Å². The average Bonchev–Trinajstić information content (AvgIpc) is 2.81. The molecule has 0 radical (unpaired) electrons. The zero-order chi connectivity index (χ0) is 17.2. The Kier molecular flexibility index (Phi) is 6.42. The Morgan fingerprint density at radius 1 is 1.00 bits per heavy atom. The Morgan fingerprint density at radius 3 is 2.35 bits per heavy atom. The molecule has 0 amide bonds. The number of fused-ring (bicyclic) bond motifs is 3. The van der Waals surface area contributed by atoms with Crippen LogP contribution >= 0.6 is 0 Å². The Hall–Kier alpha value is -0.260. The van der Waals surface area contributed by atoms with Crippen molar-refractivity contribution < 1.29 is 0 Å². The molecule has 2 saturated carbocycles. The van der Waals surface area contributed by atoms with Gasteiger partial charge in [0.15, 0.2) is 0 Å². The van der Waals surface area contributed by atoms with Crippen molar-refractivity contribution in [2.45, 2.75) is 93.4 Å². The molecule has 23 heavy (non-hydrogen) atoms.